The molecule has 3 rings (SSSR count). The Morgan fingerprint density at radius 1 is 1.09 bits per heavy atom. The van der Waals surface area contributed by atoms with Crippen LogP contribution in [0.25, 0.3) is 0 Å². The molecule has 0 aromatic heterocycles. The lowest BCUT2D eigenvalue weighted by Gasteiger charge is -2.39. The van der Waals surface area contributed by atoms with E-state index in [1.165, 1.54) is 7.11 Å². The molecule has 32 heavy (non-hydrogen) atoms. The zero-order chi connectivity index (χ0) is 23.5. The van der Waals surface area contributed by atoms with E-state index < -0.39 is 17.9 Å². The molecular formula is C25H31NO6. The number of hydrogen-bond donors (Lipinski definition) is 1. The van der Waals surface area contributed by atoms with Crippen molar-refractivity contribution in [1.82, 2.24) is 5.32 Å². The zero-order valence-corrected chi connectivity index (χ0v) is 19.4. The average Bonchev–Trinajstić information content (AvgIpc) is 2.74. The average molecular weight is 442 g/mol. The van der Waals surface area contributed by atoms with Gasteiger partial charge in [-0.05, 0) is 43.4 Å². The number of ketones is 1. The first-order valence-electron chi connectivity index (χ1n) is 10.9. The number of benzene rings is 1. The highest BCUT2D eigenvalue weighted by Crippen LogP contribution is 2.46. The van der Waals surface area contributed by atoms with E-state index in [1.807, 2.05) is 13.8 Å². The van der Waals surface area contributed by atoms with E-state index >= 15 is 0 Å². The van der Waals surface area contributed by atoms with Crippen LogP contribution in [-0.4, -0.2) is 44.7 Å². The number of dihydropyridines is 1. The third-order valence-corrected chi connectivity index (χ3v) is 5.79. The number of Topliss-reactive ketones (excluding diaryl/α,β-unsaturated/α-hetero) is 1. The fourth-order valence-electron chi connectivity index (χ4n) is 4.38. The van der Waals surface area contributed by atoms with Gasteiger partial charge in [-0.3, -0.25) is 4.79 Å². The Labute approximate surface area is 188 Å². The van der Waals surface area contributed by atoms with E-state index in [2.05, 4.69) is 19.2 Å². The van der Waals surface area contributed by atoms with Crippen LogP contribution in [0.4, 0.5) is 0 Å². The van der Waals surface area contributed by atoms with Crippen molar-refractivity contribution in [2.45, 2.75) is 46.5 Å². The number of carbonyl (C=O) groups excluding carboxylic acids is 3. The molecule has 0 spiro atoms. The fourth-order valence-corrected chi connectivity index (χ4v) is 4.38. The summed E-state index contributed by atoms with van der Waals surface area (Å²) < 4.78 is 15.5. The van der Waals surface area contributed by atoms with E-state index in [1.54, 1.807) is 24.3 Å². The van der Waals surface area contributed by atoms with E-state index in [0.717, 1.165) is 11.3 Å². The second-order valence-corrected chi connectivity index (χ2v) is 8.88. The molecule has 2 aliphatic rings. The summed E-state index contributed by atoms with van der Waals surface area (Å²) in [6.45, 7) is 8.80. The largest absolute Gasteiger partial charge is 0.465 e. The van der Waals surface area contributed by atoms with Gasteiger partial charge in [0.2, 0.25) is 0 Å². The monoisotopic (exact) mass is 441 g/mol. The highest BCUT2D eigenvalue weighted by Gasteiger charge is 2.43. The van der Waals surface area contributed by atoms with Gasteiger partial charge < -0.3 is 19.5 Å². The van der Waals surface area contributed by atoms with Crippen LogP contribution in [0.5, 0.6) is 0 Å². The summed E-state index contributed by atoms with van der Waals surface area (Å²) in [4.78, 5) is 38.2. The van der Waals surface area contributed by atoms with Crippen molar-refractivity contribution in [3.63, 3.8) is 0 Å². The molecule has 0 radical (unpaired) electrons. The predicted octanol–water partition coefficient (Wildman–Crippen LogP) is 3.66. The Balaban J connectivity index is 2.03. The third-order valence-electron chi connectivity index (χ3n) is 5.79. The molecule has 1 heterocycles. The van der Waals surface area contributed by atoms with Crippen LogP contribution in [0, 0.1) is 5.41 Å². The molecule has 7 heteroatoms. The molecule has 0 amide bonds. The Hall–Kier alpha value is -2.93. The van der Waals surface area contributed by atoms with Crippen LogP contribution in [0.2, 0.25) is 0 Å². The fraction of sp³-hybridized carbons (Fsp3) is 0.480. The lowest BCUT2D eigenvalue weighted by atomic mass is 9.68. The first kappa shape index (κ1) is 23.7. The number of rotatable bonds is 7. The number of carbonyl (C=O) groups is 3. The first-order valence-corrected chi connectivity index (χ1v) is 10.9. The quantitative estimate of drug-likeness (QED) is 0.510. The van der Waals surface area contributed by atoms with Gasteiger partial charge in [-0.2, -0.15) is 0 Å². The van der Waals surface area contributed by atoms with E-state index in [0.29, 0.717) is 48.5 Å². The lowest BCUT2D eigenvalue weighted by molar-refractivity contribution is -0.140. The summed E-state index contributed by atoms with van der Waals surface area (Å²) in [5, 5.41) is 3.31. The molecule has 1 aliphatic heterocycles. The minimum atomic E-state index is -0.568. The van der Waals surface area contributed by atoms with Crippen LogP contribution in [0.15, 0.2) is 46.8 Å². The Bertz CT molecular complexity index is 971. The number of esters is 2. The zero-order valence-electron chi connectivity index (χ0n) is 19.4. The molecule has 1 N–H and O–H groups in total. The highest BCUT2D eigenvalue weighted by molar-refractivity contribution is 6.04. The maximum absolute atomic E-state index is 13.3. The van der Waals surface area contributed by atoms with Crippen molar-refractivity contribution >= 4 is 17.7 Å². The van der Waals surface area contributed by atoms with Gasteiger partial charge in [0.25, 0.3) is 0 Å². The van der Waals surface area contributed by atoms with Crippen LogP contribution < -0.4 is 5.32 Å². The summed E-state index contributed by atoms with van der Waals surface area (Å²) in [7, 11) is 1.32. The van der Waals surface area contributed by atoms with Gasteiger partial charge in [0.15, 0.2) is 5.78 Å². The van der Waals surface area contributed by atoms with Crippen molar-refractivity contribution in [2.75, 3.05) is 26.9 Å². The van der Waals surface area contributed by atoms with Gasteiger partial charge in [0.05, 0.1) is 24.9 Å². The van der Waals surface area contributed by atoms with Crippen LogP contribution >= 0.6 is 0 Å². The normalized spacial score (nSPS) is 19.9. The van der Waals surface area contributed by atoms with Gasteiger partial charge in [-0.25, -0.2) is 9.59 Å². The number of ether oxygens (including phenoxy) is 3. The number of methoxy groups -OCH3 is 1. The predicted molar refractivity (Wildman–Crippen MR) is 119 cm³/mol. The van der Waals surface area contributed by atoms with E-state index in [4.69, 9.17) is 14.2 Å². The maximum atomic E-state index is 13.3. The SMILES string of the molecule is CCOCCOC(=O)C1=C(C)NC2=C(C(=O)CC(C)(C)C2)C1c1ccc(C(=O)OC)cc1. The van der Waals surface area contributed by atoms with Crippen LogP contribution in [0.1, 0.15) is 62.4 Å². The molecule has 7 nitrogen and oxygen atoms in total. The third kappa shape index (κ3) is 4.93. The summed E-state index contributed by atoms with van der Waals surface area (Å²) in [5.74, 6) is -1.49. The molecule has 0 saturated carbocycles. The van der Waals surface area contributed by atoms with Crippen molar-refractivity contribution < 1.29 is 28.6 Å². The van der Waals surface area contributed by atoms with E-state index in [9.17, 15) is 14.4 Å². The van der Waals surface area contributed by atoms with Gasteiger partial charge in [-0.15, -0.1) is 0 Å². The molecule has 1 aliphatic carbocycles. The summed E-state index contributed by atoms with van der Waals surface area (Å²) >= 11 is 0. The highest BCUT2D eigenvalue weighted by atomic mass is 16.6. The Morgan fingerprint density at radius 2 is 1.78 bits per heavy atom. The topological polar surface area (TPSA) is 90.9 Å². The van der Waals surface area contributed by atoms with Crippen molar-refractivity contribution in [3.8, 4) is 0 Å². The van der Waals surface area contributed by atoms with Crippen molar-refractivity contribution in [3.05, 3.63) is 57.9 Å². The van der Waals surface area contributed by atoms with Gasteiger partial charge in [-0.1, -0.05) is 26.0 Å². The van der Waals surface area contributed by atoms with Crippen molar-refractivity contribution in [2.24, 2.45) is 5.41 Å². The minimum Gasteiger partial charge on any atom is -0.465 e. The minimum absolute atomic E-state index is 0.0120. The molecule has 0 fully saturated rings. The molecule has 1 unspecified atom stereocenters. The second kappa shape index (κ2) is 9.69. The molecule has 1 aromatic carbocycles. The standard InChI is InChI=1S/C25H31NO6/c1-6-31-11-12-32-24(29)20-15(2)26-18-13-25(3,4)14-19(27)22(18)21(20)16-7-9-17(10-8-16)23(28)30-5/h7-10,21,26H,6,11-14H2,1-5H3. The maximum Gasteiger partial charge on any atom is 0.337 e. The summed E-state index contributed by atoms with van der Waals surface area (Å²) in [5.41, 5.74) is 3.48. The molecule has 0 bridgehead atoms. The first-order chi connectivity index (χ1) is 15.2. The van der Waals surface area contributed by atoms with Gasteiger partial charge in [0, 0.05) is 35.9 Å². The van der Waals surface area contributed by atoms with Crippen LogP contribution in [0.3, 0.4) is 0 Å². The molecule has 1 aromatic rings. The molecule has 0 saturated heterocycles. The van der Waals surface area contributed by atoms with Crippen LogP contribution in [-0.2, 0) is 23.8 Å². The summed E-state index contributed by atoms with van der Waals surface area (Å²) in [6.07, 6.45) is 1.10. The molecule has 1 atom stereocenters. The number of nitrogens with one attached hydrogen (secondary N) is 1. The van der Waals surface area contributed by atoms with Gasteiger partial charge >= 0.3 is 11.9 Å². The Morgan fingerprint density at radius 3 is 2.41 bits per heavy atom. The second-order valence-electron chi connectivity index (χ2n) is 8.88. The summed E-state index contributed by atoms with van der Waals surface area (Å²) in [6, 6.07) is 6.82. The van der Waals surface area contributed by atoms with Gasteiger partial charge in [0.1, 0.15) is 6.61 Å². The smallest absolute Gasteiger partial charge is 0.337 e. The number of allylic oxidation sites excluding steroid dienone is 3. The lowest BCUT2D eigenvalue weighted by Crippen LogP contribution is -2.38. The van der Waals surface area contributed by atoms with E-state index in [-0.39, 0.29) is 17.8 Å². The molecular weight excluding hydrogens is 410 g/mol. The Kier molecular flexibility index (Phi) is 7.19. The molecule has 172 valence electrons. The van der Waals surface area contributed by atoms with Crippen molar-refractivity contribution in [1.29, 1.82) is 0 Å². The number of hydrogen-bond acceptors (Lipinski definition) is 7.